The van der Waals surface area contributed by atoms with E-state index in [1.165, 1.54) is 14.7 Å². The van der Waals surface area contributed by atoms with Crippen LogP contribution in [0.2, 0.25) is 0 Å². The molecule has 8 heteroatoms. The van der Waals surface area contributed by atoms with Crippen LogP contribution in [0.3, 0.4) is 0 Å². The van der Waals surface area contributed by atoms with E-state index in [-0.39, 0.29) is 18.8 Å². The summed E-state index contributed by atoms with van der Waals surface area (Å²) in [5.41, 5.74) is 0.359. The minimum absolute atomic E-state index is 0.00918. The second-order valence-electron chi connectivity index (χ2n) is 6.58. The highest BCUT2D eigenvalue weighted by Crippen LogP contribution is 2.27. The van der Waals surface area contributed by atoms with E-state index < -0.39 is 15.1 Å². The Kier molecular flexibility index (Phi) is 5.95. The van der Waals surface area contributed by atoms with E-state index in [1.807, 2.05) is 0 Å². The Morgan fingerprint density at radius 3 is 2.38 bits per heavy atom. The summed E-state index contributed by atoms with van der Waals surface area (Å²) >= 11 is 0. The van der Waals surface area contributed by atoms with Crippen molar-refractivity contribution in [2.24, 2.45) is 11.8 Å². The molecule has 0 amide bonds. The lowest BCUT2D eigenvalue weighted by molar-refractivity contribution is -0.385. The Hall–Kier alpha value is -1.51. The summed E-state index contributed by atoms with van der Waals surface area (Å²) in [5, 5.41) is 11.2. The summed E-state index contributed by atoms with van der Waals surface area (Å²) in [6.45, 7) is 7.14. The second kappa shape index (κ2) is 7.58. The molecule has 0 unspecified atom stereocenters. The van der Waals surface area contributed by atoms with Crippen molar-refractivity contribution >= 4 is 15.9 Å². The first kappa shape index (κ1) is 18.8. The van der Waals surface area contributed by atoms with Gasteiger partial charge in [0, 0.05) is 37.8 Å². The first-order valence-electron chi connectivity index (χ1n) is 8.23. The van der Waals surface area contributed by atoms with Crippen molar-refractivity contribution in [2.45, 2.75) is 33.7 Å². The highest BCUT2D eigenvalue weighted by molar-refractivity contribution is 7.86. The van der Waals surface area contributed by atoms with Gasteiger partial charge in [0.15, 0.2) is 0 Å². The van der Waals surface area contributed by atoms with Crippen molar-refractivity contribution in [1.29, 1.82) is 0 Å². The van der Waals surface area contributed by atoms with Crippen molar-refractivity contribution < 1.29 is 13.3 Å². The van der Waals surface area contributed by atoms with Crippen molar-refractivity contribution in [3.05, 3.63) is 39.9 Å². The van der Waals surface area contributed by atoms with Gasteiger partial charge in [-0.25, -0.2) is 0 Å². The molecular weight excluding hydrogens is 330 g/mol. The fourth-order valence-corrected chi connectivity index (χ4v) is 5.17. The first-order valence-corrected chi connectivity index (χ1v) is 9.62. The average Bonchev–Trinajstić information content (AvgIpc) is 2.51. The van der Waals surface area contributed by atoms with E-state index in [9.17, 15) is 18.5 Å². The van der Waals surface area contributed by atoms with Crippen LogP contribution in [0.25, 0.3) is 0 Å². The lowest BCUT2D eigenvalue weighted by atomic mass is 9.94. The second-order valence-corrected chi connectivity index (χ2v) is 8.51. The number of para-hydroxylation sites is 1. The van der Waals surface area contributed by atoms with Crippen molar-refractivity contribution in [3.8, 4) is 0 Å². The first-order chi connectivity index (χ1) is 11.3. The molecule has 0 bridgehead atoms. The molecule has 0 saturated carbocycles. The van der Waals surface area contributed by atoms with Crippen LogP contribution in [0.15, 0.2) is 24.3 Å². The van der Waals surface area contributed by atoms with Crippen LogP contribution in [0.5, 0.6) is 0 Å². The Bertz CT molecular complexity index is 682. The summed E-state index contributed by atoms with van der Waals surface area (Å²) in [4.78, 5) is 10.7. The molecule has 1 saturated heterocycles. The maximum absolute atomic E-state index is 13.0. The summed E-state index contributed by atoms with van der Waals surface area (Å²) in [7, 11) is -3.64. The molecule has 24 heavy (non-hydrogen) atoms. The van der Waals surface area contributed by atoms with Crippen LogP contribution < -0.4 is 0 Å². The Balaban J connectivity index is 2.26. The molecule has 7 nitrogen and oxygen atoms in total. The predicted octanol–water partition coefficient (Wildman–Crippen LogP) is 2.64. The number of rotatable bonds is 6. The van der Waals surface area contributed by atoms with E-state index in [1.54, 1.807) is 25.1 Å². The molecule has 0 aromatic heterocycles. The van der Waals surface area contributed by atoms with E-state index in [2.05, 4.69) is 13.8 Å². The summed E-state index contributed by atoms with van der Waals surface area (Å²) in [6.07, 6.45) is 1.02. The number of nitro benzene ring substituents is 1. The van der Waals surface area contributed by atoms with Gasteiger partial charge in [0.2, 0.25) is 0 Å². The van der Waals surface area contributed by atoms with Crippen molar-refractivity contribution in [1.82, 2.24) is 8.61 Å². The third-order valence-corrected chi connectivity index (χ3v) is 6.37. The quantitative estimate of drug-likeness (QED) is 0.580. The van der Waals surface area contributed by atoms with Gasteiger partial charge >= 0.3 is 0 Å². The van der Waals surface area contributed by atoms with Gasteiger partial charge in [-0.1, -0.05) is 39.0 Å². The zero-order valence-electron chi connectivity index (χ0n) is 14.4. The number of nitrogens with zero attached hydrogens (tertiary/aromatic N) is 3. The van der Waals surface area contributed by atoms with Gasteiger partial charge in [0.25, 0.3) is 15.9 Å². The van der Waals surface area contributed by atoms with E-state index in [4.69, 9.17) is 0 Å². The highest BCUT2D eigenvalue weighted by atomic mass is 32.2. The van der Waals surface area contributed by atoms with Gasteiger partial charge in [-0.3, -0.25) is 10.1 Å². The number of hydrogen-bond acceptors (Lipinski definition) is 4. The fourth-order valence-electron chi connectivity index (χ4n) is 3.33. The third-order valence-electron chi connectivity index (χ3n) is 4.38. The Morgan fingerprint density at radius 2 is 1.83 bits per heavy atom. The Labute approximate surface area is 143 Å². The summed E-state index contributed by atoms with van der Waals surface area (Å²) in [6, 6.07) is 6.28. The zero-order valence-corrected chi connectivity index (χ0v) is 15.2. The van der Waals surface area contributed by atoms with Gasteiger partial charge in [0.1, 0.15) is 0 Å². The van der Waals surface area contributed by atoms with E-state index in [0.717, 1.165) is 6.42 Å². The smallest absolute Gasteiger partial charge is 0.258 e. The molecule has 1 fully saturated rings. The number of piperidine rings is 1. The standard InChI is InChI=1S/C16H25N3O4S/c1-4-17(12-15-7-5-6-8-16(15)19(20)21)24(22,23)18-10-13(2)9-14(3)11-18/h5-8,13-14H,4,9-12H2,1-3H3/t13-,14-/m0/s1. The molecule has 0 spiro atoms. The van der Waals surface area contributed by atoms with Crippen LogP contribution in [-0.4, -0.2) is 41.6 Å². The number of hydrogen-bond donors (Lipinski definition) is 0. The van der Waals surface area contributed by atoms with Gasteiger partial charge in [-0.05, 0) is 18.3 Å². The molecule has 134 valence electrons. The van der Waals surface area contributed by atoms with Crippen LogP contribution in [0.4, 0.5) is 5.69 Å². The van der Waals surface area contributed by atoms with Gasteiger partial charge in [-0.15, -0.1) is 0 Å². The van der Waals surface area contributed by atoms with Gasteiger partial charge < -0.3 is 0 Å². The molecule has 0 radical (unpaired) electrons. The van der Waals surface area contributed by atoms with Gasteiger partial charge in [0.05, 0.1) is 4.92 Å². The molecule has 1 heterocycles. The molecule has 0 aliphatic carbocycles. The monoisotopic (exact) mass is 355 g/mol. The molecule has 2 rings (SSSR count). The molecule has 1 aromatic carbocycles. The lowest BCUT2D eigenvalue weighted by Crippen LogP contribution is -2.49. The topological polar surface area (TPSA) is 83.8 Å². The van der Waals surface area contributed by atoms with Crippen LogP contribution in [-0.2, 0) is 16.8 Å². The highest BCUT2D eigenvalue weighted by Gasteiger charge is 2.34. The lowest BCUT2D eigenvalue weighted by Gasteiger charge is -2.37. The summed E-state index contributed by atoms with van der Waals surface area (Å²) in [5.74, 6) is 0.626. The number of nitro groups is 1. The molecule has 2 atom stereocenters. The summed E-state index contributed by atoms with van der Waals surface area (Å²) < 4.78 is 28.8. The van der Waals surface area contributed by atoms with E-state index >= 15 is 0 Å². The van der Waals surface area contributed by atoms with Crippen LogP contribution in [0, 0.1) is 22.0 Å². The predicted molar refractivity (Wildman–Crippen MR) is 92.6 cm³/mol. The maximum Gasteiger partial charge on any atom is 0.282 e. The largest absolute Gasteiger partial charge is 0.282 e. The molecular formula is C16H25N3O4S. The van der Waals surface area contributed by atoms with Crippen LogP contribution in [0.1, 0.15) is 32.8 Å². The van der Waals surface area contributed by atoms with Crippen molar-refractivity contribution in [3.63, 3.8) is 0 Å². The normalized spacial score (nSPS) is 22.7. The van der Waals surface area contributed by atoms with E-state index in [0.29, 0.717) is 30.5 Å². The number of benzene rings is 1. The fraction of sp³-hybridized carbons (Fsp3) is 0.625. The molecule has 0 N–H and O–H groups in total. The average molecular weight is 355 g/mol. The molecule has 1 aromatic rings. The molecule has 1 aliphatic rings. The molecule has 1 aliphatic heterocycles. The minimum atomic E-state index is -3.64. The third kappa shape index (κ3) is 4.12. The Morgan fingerprint density at radius 1 is 1.25 bits per heavy atom. The van der Waals surface area contributed by atoms with Crippen molar-refractivity contribution in [2.75, 3.05) is 19.6 Å². The van der Waals surface area contributed by atoms with Crippen LogP contribution >= 0.6 is 0 Å². The zero-order chi connectivity index (χ0) is 17.9. The maximum atomic E-state index is 13.0. The minimum Gasteiger partial charge on any atom is -0.258 e. The SMILES string of the molecule is CCN(Cc1ccccc1[N+](=O)[O-])S(=O)(=O)N1C[C@@H](C)C[C@H](C)C1. The van der Waals surface area contributed by atoms with Gasteiger partial charge in [-0.2, -0.15) is 17.0 Å².